The molecule has 2 unspecified atom stereocenters. The second-order valence-corrected chi connectivity index (χ2v) is 7.27. The van der Waals surface area contributed by atoms with E-state index in [1.165, 1.54) is 11.3 Å². The number of nitrogens with one attached hydrogen (secondary N) is 2. The number of rotatable bonds is 6. The molecule has 0 saturated carbocycles. The number of piperidine rings is 1. The standard InChI is InChI=1S/C19H25N3OS.ClH/c1-20-16-9-5-11-22(13-16)14-18(23)21-19(17-10-6-12-24-17)15-7-3-2-4-8-15;/h2-4,6-8,10,12,16,19-20H,5,9,11,13-14H2,1H3,(H,21,23);1H. The van der Waals surface area contributed by atoms with Gasteiger partial charge in [0.1, 0.15) is 0 Å². The summed E-state index contributed by atoms with van der Waals surface area (Å²) < 4.78 is 0. The van der Waals surface area contributed by atoms with Crippen LogP contribution in [0.25, 0.3) is 0 Å². The van der Waals surface area contributed by atoms with Crippen LogP contribution in [0.5, 0.6) is 0 Å². The molecule has 1 saturated heterocycles. The lowest BCUT2D eigenvalue weighted by atomic mass is 10.0. The zero-order valence-electron chi connectivity index (χ0n) is 14.5. The quantitative estimate of drug-likeness (QED) is 0.810. The number of hydrogen-bond acceptors (Lipinski definition) is 4. The molecule has 1 aliphatic rings. The number of carbonyl (C=O) groups excluding carboxylic acids is 1. The number of benzene rings is 1. The van der Waals surface area contributed by atoms with E-state index in [0.717, 1.165) is 25.1 Å². The van der Waals surface area contributed by atoms with Gasteiger partial charge in [-0.2, -0.15) is 0 Å². The SMILES string of the molecule is CNC1CCCN(CC(=O)NC(c2ccccc2)c2cccs2)C1.Cl. The van der Waals surface area contributed by atoms with Gasteiger partial charge in [-0.15, -0.1) is 23.7 Å². The van der Waals surface area contributed by atoms with Gasteiger partial charge in [0.25, 0.3) is 0 Å². The zero-order chi connectivity index (χ0) is 16.8. The first-order valence-electron chi connectivity index (χ1n) is 8.53. The number of carbonyl (C=O) groups is 1. The van der Waals surface area contributed by atoms with E-state index < -0.39 is 0 Å². The van der Waals surface area contributed by atoms with Gasteiger partial charge < -0.3 is 10.6 Å². The minimum absolute atomic E-state index is 0. The van der Waals surface area contributed by atoms with Gasteiger partial charge in [-0.1, -0.05) is 36.4 Å². The van der Waals surface area contributed by atoms with Gasteiger partial charge in [-0.05, 0) is 43.4 Å². The van der Waals surface area contributed by atoms with Crippen LogP contribution in [-0.4, -0.2) is 43.5 Å². The van der Waals surface area contributed by atoms with Crippen molar-refractivity contribution < 1.29 is 4.79 Å². The molecule has 1 amide bonds. The van der Waals surface area contributed by atoms with E-state index in [-0.39, 0.29) is 24.4 Å². The van der Waals surface area contributed by atoms with Gasteiger partial charge in [0.2, 0.25) is 5.91 Å². The minimum Gasteiger partial charge on any atom is -0.343 e. The molecular weight excluding hydrogens is 354 g/mol. The van der Waals surface area contributed by atoms with E-state index in [2.05, 4.69) is 39.1 Å². The maximum Gasteiger partial charge on any atom is 0.234 e. The Morgan fingerprint density at radius 2 is 2.08 bits per heavy atom. The second-order valence-electron chi connectivity index (χ2n) is 6.29. The molecule has 2 aromatic rings. The Hall–Kier alpha value is -1.40. The topological polar surface area (TPSA) is 44.4 Å². The third kappa shape index (κ3) is 5.54. The smallest absolute Gasteiger partial charge is 0.234 e. The van der Waals surface area contributed by atoms with E-state index in [9.17, 15) is 4.79 Å². The maximum absolute atomic E-state index is 12.6. The highest BCUT2D eigenvalue weighted by atomic mass is 35.5. The first-order valence-corrected chi connectivity index (χ1v) is 9.41. The average Bonchev–Trinajstić information content (AvgIpc) is 3.15. The van der Waals surface area contributed by atoms with E-state index >= 15 is 0 Å². The van der Waals surface area contributed by atoms with Gasteiger partial charge >= 0.3 is 0 Å². The Balaban J connectivity index is 0.00000225. The third-order valence-electron chi connectivity index (χ3n) is 4.55. The molecule has 0 spiro atoms. The van der Waals surface area contributed by atoms with Crippen LogP contribution in [-0.2, 0) is 4.79 Å². The van der Waals surface area contributed by atoms with Crippen molar-refractivity contribution in [2.75, 3.05) is 26.7 Å². The third-order valence-corrected chi connectivity index (χ3v) is 5.48. The Morgan fingerprint density at radius 1 is 1.28 bits per heavy atom. The van der Waals surface area contributed by atoms with E-state index in [1.54, 1.807) is 11.3 Å². The number of hydrogen-bond donors (Lipinski definition) is 2. The van der Waals surface area contributed by atoms with Gasteiger partial charge in [-0.3, -0.25) is 9.69 Å². The van der Waals surface area contributed by atoms with Crippen LogP contribution in [0.1, 0.15) is 29.3 Å². The molecule has 2 atom stereocenters. The van der Waals surface area contributed by atoms with Crippen molar-refractivity contribution in [3.8, 4) is 0 Å². The van der Waals surface area contributed by atoms with E-state index in [4.69, 9.17) is 0 Å². The fraction of sp³-hybridized carbons (Fsp3) is 0.421. The molecule has 6 heteroatoms. The highest BCUT2D eigenvalue weighted by Crippen LogP contribution is 2.25. The highest BCUT2D eigenvalue weighted by Gasteiger charge is 2.23. The number of likely N-dealkylation sites (N-methyl/N-ethyl adjacent to an activating group) is 1. The Bertz CT molecular complexity index is 635. The highest BCUT2D eigenvalue weighted by molar-refractivity contribution is 7.10. The number of amides is 1. The molecular formula is C19H26ClN3OS. The molecule has 2 heterocycles. The van der Waals surface area contributed by atoms with Crippen molar-refractivity contribution >= 4 is 29.7 Å². The molecule has 3 rings (SSSR count). The van der Waals surface area contributed by atoms with Crippen molar-refractivity contribution in [1.29, 1.82) is 0 Å². The summed E-state index contributed by atoms with van der Waals surface area (Å²) in [5.74, 6) is 0.0917. The van der Waals surface area contributed by atoms with Crippen LogP contribution < -0.4 is 10.6 Å². The van der Waals surface area contributed by atoms with Crippen LogP contribution in [0.2, 0.25) is 0 Å². The van der Waals surface area contributed by atoms with Crippen molar-refractivity contribution in [3.63, 3.8) is 0 Å². The second kappa shape index (κ2) is 9.92. The molecule has 4 nitrogen and oxygen atoms in total. The summed E-state index contributed by atoms with van der Waals surface area (Å²) in [6.45, 7) is 2.41. The molecule has 1 aromatic carbocycles. The molecule has 136 valence electrons. The van der Waals surface area contributed by atoms with Crippen LogP contribution in [0, 0.1) is 0 Å². The van der Waals surface area contributed by atoms with Crippen LogP contribution in [0.4, 0.5) is 0 Å². The molecule has 1 fully saturated rings. The lowest BCUT2D eigenvalue weighted by Crippen LogP contribution is -2.48. The number of halogens is 1. The monoisotopic (exact) mass is 379 g/mol. The molecule has 1 aliphatic heterocycles. The Kier molecular flexibility index (Phi) is 7.90. The summed E-state index contributed by atoms with van der Waals surface area (Å²) in [6.07, 6.45) is 2.34. The van der Waals surface area contributed by atoms with Gasteiger partial charge in [-0.25, -0.2) is 0 Å². The number of likely N-dealkylation sites (tertiary alicyclic amines) is 1. The minimum atomic E-state index is -0.0661. The maximum atomic E-state index is 12.6. The fourth-order valence-electron chi connectivity index (χ4n) is 3.26. The number of nitrogens with zero attached hydrogens (tertiary/aromatic N) is 1. The van der Waals surface area contributed by atoms with Crippen LogP contribution >= 0.6 is 23.7 Å². The molecule has 0 radical (unpaired) electrons. The normalized spacial score (nSPS) is 19.0. The lowest BCUT2D eigenvalue weighted by molar-refractivity contribution is -0.123. The van der Waals surface area contributed by atoms with Crippen molar-refractivity contribution in [2.24, 2.45) is 0 Å². The van der Waals surface area contributed by atoms with E-state index in [1.807, 2.05) is 31.3 Å². The van der Waals surface area contributed by atoms with Gasteiger partial charge in [0, 0.05) is 17.5 Å². The number of thiophene rings is 1. The van der Waals surface area contributed by atoms with E-state index in [0.29, 0.717) is 12.6 Å². The molecule has 25 heavy (non-hydrogen) atoms. The molecule has 1 aromatic heterocycles. The largest absolute Gasteiger partial charge is 0.343 e. The Labute approximate surface area is 160 Å². The predicted molar refractivity (Wildman–Crippen MR) is 107 cm³/mol. The van der Waals surface area contributed by atoms with Crippen LogP contribution in [0.3, 0.4) is 0 Å². The summed E-state index contributed by atoms with van der Waals surface area (Å²) in [4.78, 5) is 16.0. The van der Waals surface area contributed by atoms with Crippen molar-refractivity contribution in [2.45, 2.75) is 24.9 Å². The predicted octanol–water partition coefficient (Wildman–Crippen LogP) is 3.06. The van der Waals surface area contributed by atoms with Crippen molar-refractivity contribution in [1.82, 2.24) is 15.5 Å². The molecule has 0 aliphatic carbocycles. The first-order chi connectivity index (χ1) is 11.8. The summed E-state index contributed by atoms with van der Waals surface area (Å²) in [5, 5.41) is 8.60. The summed E-state index contributed by atoms with van der Waals surface area (Å²) in [5.41, 5.74) is 1.13. The van der Waals surface area contributed by atoms with Crippen LogP contribution in [0.15, 0.2) is 47.8 Å². The zero-order valence-corrected chi connectivity index (χ0v) is 16.1. The van der Waals surface area contributed by atoms with Crippen molar-refractivity contribution in [3.05, 3.63) is 58.3 Å². The summed E-state index contributed by atoms with van der Waals surface area (Å²) in [6, 6.07) is 14.7. The first kappa shape index (κ1) is 19.9. The Morgan fingerprint density at radius 3 is 2.76 bits per heavy atom. The average molecular weight is 380 g/mol. The van der Waals surface area contributed by atoms with Gasteiger partial charge in [0.05, 0.1) is 12.6 Å². The molecule has 0 bridgehead atoms. The summed E-state index contributed by atoms with van der Waals surface area (Å²) in [7, 11) is 2.00. The molecule has 2 N–H and O–H groups in total. The van der Waals surface area contributed by atoms with Gasteiger partial charge in [0.15, 0.2) is 0 Å². The fourth-order valence-corrected chi connectivity index (χ4v) is 4.07. The lowest BCUT2D eigenvalue weighted by Gasteiger charge is -2.32. The summed E-state index contributed by atoms with van der Waals surface area (Å²) >= 11 is 1.68.